The fourth-order valence-corrected chi connectivity index (χ4v) is 1.47. The van der Waals surface area contributed by atoms with Gasteiger partial charge in [-0.15, -0.1) is 0 Å². The second kappa shape index (κ2) is 5.66. The quantitative estimate of drug-likeness (QED) is 0.618. The smallest absolute Gasteiger partial charge is 0.137 e. The minimum Gasteiger partial charge on any atom is -0.330 e. The van der Waals surface area contributed by atoms with Gasteiger partial charge >= 0.3 is 0 Å². The van der Waals surface area contributed by atoms with E-state index in [-0.39, 0.29) is 18.5 Å². The van der Waals surface area contributed by atoms with Gasteiger partial charge in [0.05, 0.1) is 12.1 Å². The molecule has 6 heteroatoms. The minimum absolute atomic E-state index is 0.0878. The van der Waals surface area contributed by atoms with Crippen molar-refractivity contribution in [3.8, 4) is 12.1 Å². The van der Waals surface area contributed by atoms with Crippen LogP contribution in [0.25, 0.3) is 0 Å². The molecular formula is C12H14ClN5. The zero-order chi connectivity index (χ0) is 13.8. The van der Waals surface area contributed by atoms with Gasteiger partial charge in [0.1, 0.15) is 29.9 Å². The molecule has 0 atom stereocenters. The molecule has 1 aromatic heterocycles. The average Bonchev–Trinajstić information content (AvgIpc) is 2.27. The SMILES string of the molecule is CC(C)(C)c1nc(Cl)cc(N(CC#N)CC#N)n1. The second-order valence-corrected chi connectivity index (χ2v) is 5.18. The molecule has 0 aromatic carbocycles. The predicted octanol–water partition coefficient (Wildman–Crippen LogP) is 2.28. The summed E-state index contributed by atoms with van der Waals surface area (Å²) in [5.74, 6) is 1.09. The molecule has 1 aromatic rings. The zero-order valence-electron chi connectivity index (χ0n) is 10.6. The first kappa shape index (κ1) is 14.2. The molecule has 0 fully saturated rings. The van der Waals surface area contributed by atoms with Crippen molar-refractivity contribution in [2.75, 3.05) is 18.0 Å². The lowest BCUT2D eigenvalue weighted by Gasteiger charge is -2.21. The Morgan fingerprint density at radius 1 is 1.22 bits per heavy atom. The van der Waals surface area contributed by atoms with Crippen molar-refractivity contribution in [3.63, 3.8) is 0 Å². The van der Waals surface area contributed by atoms with Crippen molar-refractivity contribution in [1.82, 2.24) is 9.97 Å². The molecule has 0 radical (unpaired) electrons. The van der Waals surface area contributed by atoms with Gasteiger partial charge in [0.25, 0.3) is 0 Å². The van der Waals surface area contributed by atoms with Gasteiger partial charge in [-0.1, -0.05) is 32.4 Å². The topological polar surface area (TPSA) is 76.6 Å². The predicted molar refractivity (Wildman–Crippen MR) is 69.2 cm³/mol. The van der Waals surface area contributed by atoms with Crippen LogP contribution in [0.3, 0.4) is 0 Å². The minimum atomic E-state index is -0.245. The molecule has 1 heterocycles. The van der Waals surface area contributed by atoms with E-state index in [0.717, 1.165) is 0 Å². The summed E-state index contributed by atoms with van der Waals surface area (Å²) in [6.07, 6.45) is 0. The number of rotatable bonds is 3. The number of hydrogen-bond acceptors (Lipinski definition) is 5. The lowest BCUT2D eigenvalue weighted by atomic mass is 9.96. The molecule has 0 amide bonds. The van der Waals surface area contributed by atoms with Crippen molar-refractivity contribution < 1.29 is 0 Å². The number of anilines is 1. The first-order valence-electron chi connectivity index (χ1n) is 5.42. The fraction of sp³-hybridized carbons (Fsp3) is 0.500. The number of aromatic nitrogens is 2. The van der Waals surface area contributed by atoms with Crippen LogP contribution < -0.4 is 4.90 Å². The van der Waals surface area contributed by atoms with E-state index in [2.05, 4.69) is 9.97 Å². The molecule has 94 valence electrons. The van der Waals surface area contributed by atoms with Crippen molar-refractivity contribution >= 4 is 17.4 Å². The molecule has 0 N–H and O–H groups in total. The van der Waals surface area contributed by atoms with Crippen molar-refractivity contribution in [2.45, 2.75) is 26.2 Å². The van der Waals surface area contributed by atoms with Crippen LogP contribution in [0.1, 0.15) is 26.6 Å². The van der Waals surface area contributed by atoms with Crippen LogP contribution in [0.5, 0.6) is 0 Å². The standard InChI is InChI=1S/C12H14ClN5/c1-12(2,3)11-16-9(13)8-10(17-11)18(6-4-14)7-5-15/h8H,6-7H2,1-3H3. The van der Waals surface area contributed by atoms with Gasteiger partial charge in [-0.2, -0.15) is 10.5 Å². The Bertz CT molecular complexity index is 491. The lowest BCUT2D eigenvalue weighted by Crippen LogP contribution is -2.27. The van der Waals surface area contributed by atoms with Crippen LogP contribution in [-0.2, 0) is 5.41 Å². The molecule has 18 heavy (non-hydrogen) atoms. The number of halogens is 1. The maximum Gasteiger partial charge on any atom is 0.137 e. The third-order valence-corrected chi connectivity index (χ3v) is 2.39. The third kappa shape index (κ3) is 3.58. The molecule has 0 saturated carbocycles. The average molecular weight is 264 g/mol. The summed E-state index contributed by atoms with van der Waals surface area (Å²) < 4.78 is 0. The summed E-state index contributed by atoms with van der Waals surface area (Å²) in [4.78, 5) is 10.1. The van der Waals surface area contributed by atoms with Crippen LogP contribution in [0, 0.1) is 22.7 Å². The summed E-state index contributed by atoms with van der Waals surface area (Å²) in [5, 5.41) is 17.8. The second-order valence-electron chi connectivity index (χ2n) is 4.79. The van der Waals surface area contributed by atoms with E-state index in [1.807, 2.05) is 32.9 Å². The first-order valence-corrected chi connectivity index (χ1v) is 5.80. The molecule has 0 aliphatic heterocycles. The third-order valence-electron chi connectivity index (χ3n) is 2.20. The van der Waals surface area contributed by atoms with E-state index < -0.39 is 0 Å². The Labute approximate surface area is 112 Å². The molecule has 5 nitrogen and oxygen atoms in total. The molecule has 0 unspecified atom stereocenters. The Kier molecular flexibility index (Phi) is 4.47. The van der Waals surface area contributed by atoms with Crippen LogP contribution in [0.4, 0.5) is 5.82 Å². The van der Waals surface area contributed by atoms with Crippen LogP contribution in [0.15, 0.2) is 6.07 Å². The molecular weight excluding hydrogens is 250 g/mol. The molecule has 1 rings (SSSR count). The largest absolute Gasteiger partial charge is 0.330 e. The highest BCUT2D eigenvalue weighted by atomic mass is 35.5. The maximum atomic E-state index is 8.75. The summed E-state index contributed by atoms with van der Waals surface area (Å²) in [5.41, 5.74) is -0.245. The van der Waals surface area contributed by atoms with E-state index >= 15 is 0 Å². The van der Waals surface area contributed by atoms with Crippen LogP contribution >= 0.6 is 11.6 Å². The maximum absolute atomic E-state index is 8.75. The summed E-state index contributed by atoms with van der Waals surface area (Å²) in [6.45, 7) is 6.10. The fourth-order valence-electron chi connectivity index (χ4n) is 1.29. The molecule has 0 bridgehead atoms. The van der Waals surface area contributed by atoms with Gasteiger partial charge in [0, 0.05) is 11.5 Å². The highest BCUT2D eigenvalue weighted by Gasteiger charge is 2.20. The highest BCUT2D eigenvalue weighted by Crippen LogP contribution is 2.23. The lowest BCUT2D eigenvalue weighted by molar-refractivity contribution is 0.544. The number of nitrogens with zero attached hydrogens (tertiary/aromatic N) is 5. The number of hydrogen-bond donors (Lipinski definition) is 0. The molecule has 0 aliphatic rings. The highest BCUT2D eigenvalue weighted by molar-refractivity contribution is 6.29. The van der Waals surface area contributed by atoms with E-state index in [4.69, 9.17) is 22.1 Å². The van der Waals surface area contributed by atoms with Crippen LogP contribution in [-0.4, -0.2) is 23.1 Å². The normalized spacial score (nSPS) is 10.6. The Hall–Kier alpha value is -1.85. The van der Waals surface area contributed by atoms with Crippen LogP contribution in [0.2, 0.25) is 5.15 Å². The van der Waals surface area contributed by atoms with Gasteiger partial charge in [0.2, 0.25) is 0 Å². The van der Waals surface area contributed by atoms with Crippen molar-refractivity contribution in [2.24, 2.45) is 0 Å². The first-order chi connectivity index (χ1) is 8.38. The van der Waals surface area contributed by atoms with Gasteiger partial charge in [0.15, 0.2) is 0 Å². The van der Waals surface area contributed by atoms with Crippen molar-refractivity contribution in [3.05, 3.63) is 17.0 Å². The van der Waals surface area contributed by atoms with Crippen molar-refractivity contribution in [1.29, 1.82) is 10.5 Å². The Morgan fingerprint density at radius 3 is 2.22 bits per heavy atom. The molecule has 0 aliphatic carbocycles. The van der Waals surface area contributed by atoms with Gasteiger partial charge in [-0.25, -0.2) is 9.97 Å². The number of nitriles is 2. The summed E-state index contributed by atoms with van der Waals surface area (Å²) in [7, 11) is 0. The monoisotopic (exact) mass is 263 g/mol. The Morgan fingerprint density at radius 2 is 1.78 bits per heavy atom. The van der Waals surface area contributed by atoms with Gasteiger partial charge in [-0.05, 0) is 0 Å². The molecule has 0 spiro atoms. The Balaban J connectivity index is 3.20. The van der Waals surface area contributed by atoms with E-state index in [1.54, 1.807) is 11.0 Å². The molecule has 0 saturated heterocycles. The van der Waals surface area contributed by atoms with Gasteiger partial charge in [-0.3, -0.25) is 0 Å². The van der Waals surface area contributed by atoms with E-state index in [9.17, 15) is 0 Å². The van der Waals surface area contributed by atoms with E-state index in [1.165, 1.54) is 0 Å². The van der Waals surface area contributed by atoms with E-state index in [0.29, 0.717) is 16.8 Å². The van der Waals surface area contributed by atoms with Gasteiger partial charge < -0.3 is 4.90 Å². The zero-order valence-corrected chi connectivity index (χ0v) is 11.4. The summed E-state index contributed by atoms with van der Waals surface area (Å²) in [6, 6.07) is 5.56. The summed E-state index contributed by atoms with van der Waals surface area (Å²) >= 11 is 5.96.